The quantitative estimate of drug-likeness (QED) is 0.717. The second-order valence-corrected chi connectivity index (χ2v) is 3.21. The number of alkyl halides is 3. The zero-order valence-corrected chi connectivity index (χ0v) is 8.80. The third-order valence-electron chi connectivity index (χ3n) is 2.02. The average molecular weight is 229 g/mol. The lowest BCUT2D eigenvalue weighted by molar-refractivity contribution is -0.137. The van der Waals surface area contributed by atoms with Crippen LogP contribution in [0.1, 0.15) is 18.1 Å². The minimum Gasteiger partial charge on any atom is -0.293 e. The van der Waals surface area contributed by atoms with Crippen LogP contribution in [0.2, 0.25) is 0 Å². The molecule has 0 aliphatic heterocycles. The zero-order chi connectivity index (χ0) is 12.3. The number of hydrogen-bond acceptors (Lipinski definition) is 2. The number of carbonyl (C=O) groups excluding carboxylic acids is 1. The molecule has 0 fully saturated rings. The highest BCUT2D eigenvalue weighted by atomic mass is 19.4. The first-order valence-electron chi connectivity index (χ1n) is 4.51. The standard InChI is InChI=1S/C11H10F3NO/c1-7(16)10(15-2)8-4-3-5-9(6-8)11(12,13)14/h3-6H,1-2H3. The summed E-state index contributed by atoms with van der Waals surface area (Å²) in [5.41, 5.74) is -0.552. The highest BCUT2D eigenvalue weighted by Gasteiger charge is 2.30. The van der Waals surface area contributed by atoms with Gasteiger partial charge in [-0.15, -0.1) is 0 Å². The van der Waals surface area contributed by atoms with Gasteiger partial charge in [0.2, 0.25) is 0 Å². The van der Waals surface area contributed by atoms with Gasteiger partial charge < -0.3 is 0 Å². The van der Waals surface area contributed by atoms with Gasteiger partial charge in [-0.1, -0.05) is 12.1 Å². The van der Waals surface area contributed by atoms with Crippen LogP contribution in [0.4, 0.5) is 13.2 Å². The van der Waals surface area contributed by atoms with Crippen LogP contribution >= 0.6 is 0 Å². The third kappa shape index (κ3) is 2.68. The number of ketones is 1. The van der Waals surface area contributed by atoms with Gasteiger partial charge in [-0.2, -0.15) is 13.2 Å². The van der Waals surface area contributed by atoms with E-state index in [-0.39, 0.29) is 17.1 Å². The van der Waals surface area contributed by atoms with Crippen LogP contribution in [-0.2, 0) is 11.0 Å². The van der Waals surface area contributed by atoms with Crippen molar-refractivity contribution in [3.05, 3.63) is 35.4 Å². The molecule has 0 bridgehead atoms. The van der Waals surface area contributed by atoms with Gasteiger partial charge in [0.25, 0.3) is 0 Å². The number of nitrogens with zero attached hydrogens (tertiary/aromatic N) is 1. The highest BCUT2D eigenvalue weighted by molar-refractivity contribution is 6.45. The summed E-state index contributed by atoms with van der Waals surface area (Å²) in [6, 6.07) is 4.56. The van der Waals surface area contributed by atoms with E-state index in [0.29, 0.717) is 0 Å². The normalized spacial score (nSPS) is 12.7. The van der Waals surface area contributed by atoms with Gasteiger partial charge >= 0.3 is 6.18 Å². The molecular weight excluding hydrogens is 219 g/mol. The Hall–Kier alpha value is -1.65. The van der Waals surface area contributed by atoms with Crippen LogP contribution in [0.25, 0.3) is 0 Å². The Bertz CT molecular complexity index is 435. The Labute approximate surface area is 90.8 Å². The SMILES string of the molecule is CN=C(C(C)=O)c1cccc(C(F)(F)F)c1. The highest BCUT2D eigenvalue weighted by Crippen LogP contribution is 2.29. The lowest BCUT2D eigenvalue weighted by Gasteiger charge is -2.08. The minimum absolute atomic E-state index is 0.0473. The van der Waals surface area contributed by atoms with Crippen LogP contribution in [0.15, 0.2) is 29.3 Å². The van der Waals surface area contributed by atoms with Crippen molar-refractivity contribution in [3.63, 3.8) is 0 Å². The molecule has 0 unspecified atom stereocenters. The molecule has 2 nitrogen and oxygen atoms in total. The van der Waals surface area contributed by atoms with Crippen LogP contribution in [0.3, 0.4) is 0 Å². The molecule has 5 heteroatoms. The molecule has 86 valence electrons. The molecule has 0 amide bonds. The maximum absolute atomic E-state index is 12.4. The van der Waals surface area contributed by atoms with Gasteiger partial charge in [0.05, 0.1) is 5.56 Å². The number of Topliss-reactive ketones (excluding diaryl/α,β-unsaturated/α-hetero) is 1. The summed E-state index contributed by atoms with van der Waals surface area (Å²) in [7, 11) is 1.37. The van der Waals surface area contributed by atoms with Gasteiger partial charge in [0, 0.05) is 19.5 Å². The number of rotatable bonds is 2. The van der Waals surface area contributed by atoms with Gasteiger partial charge in [-0.25, -0.2) is 0 Å². The number of benzene rings is 1. The van der Waals surface area contributed by atoms with Crippen LogP contribution in [0.5, 0.6) is 0 Å². The van der Waals surface area contributed by atoms with E-state index in [1.807, 2.05) is 0 Å². The molecule has 0 spiro atoms. The number of halogens is 3. The van der Waals surface area contributed by atoms with E-state index >= 15 is 0 Å². The molecule has 1 rings (SSSR count). The summed E-state index contributed by atoms with van der Waals surface area (Å²) in [6.45, 7) is 1.27. The van der Waals surface area contributed by atoms with Crippen LogP contribution in [-0.4, -0.2) is 18.5 Å². The Morgan fingerprint density at radius 2 is 1.94 bits per heavy atom. The Balaban J connectivity index is 3.23. The lowest BCUT2D eigenvalue weighted by atomic mass is 10.0. The Kier molecular flexibility index (Phi) is 3.47. The Morgan fingerprint density at radius 1 is 1.31 bits per heavy atom. The van der Waals surface area contributed by atoms with Crippen molar-refractivity contribution in [1.82, 2.24) is 0 Å². The van der Waals surface area contributed by atoms with Crippen molar-refractivity contribution >= 4 is 11.5 Å². The molecule has 1 aromatic carbocycles. The fraction of sp³-hybridized carbons (Fsp3) is 0.273. The largest absolute Gasteiger partial charge is 0.416 e. The third-order valence-corrected chi connectivity index (χ3v) is 2.02. The summed E-state index contributed by atoms with van der Waals surface area (Å²) in [5.74, 6) is -0.359. The van der Waals surface area contributed by atoms with E-state index in [4.69, 9.17) is 0 Å². The first-order valence-corrected chi connectivity index (χ1v) is 4.51. The molecule has 0 saturated carbocycles. The molecule has 0 heterocycles. The van der Waals surface area contributed by atoms with E-state index in [2.05, 4.69) is 4.99 Å². The summed E-state index contributed by atoms with van der Waals surface area (Å²) in [4.78, 5) is 14.8. The predicted molar refractivity (Wildman–Crippen MR) is 54.6 cm³/mol. The molecule has 0 saturated heterocycles. The number of hydrogen-bond donors (Lipinski definition) is 0. The molecule has 0 aliphatic carbocycles. The average Bonchev–Trinajstić information content (AvgIpc) is 2.17. The molecule has 0 atom stereocenters. The number of carbonyl (C=O) groups is 1. The molecular formula is C11H10F3NO. The second-order valence-electron chi connectivity index (χ2n) is 3.21. The van der Waals surface area contributed by atoms with E-state index < -0.39 is 11.7 Å². The summed E-state index contributed by atoms with van der Waals surface area (Å²) >= 11 is 0. The first kappa shape index (κ1) is 12.4. The second kappa shape index (κ2) is 4.47. The molecule has 1 aromatic rings. The van der Waals surface area contributed by atoms with Gasteiger partial charge in [-0.05, 0) is 12.1 Å². The maximum atomic E-state index is 12.4. The van der Waals surface area contributed by atoms with Gasteiger partial charge in [0.1, 0.15) is 5.71 Å². The van der Waals surface area contributed by atoms with E-state index in [9.17, 15) is 18.0 Å². The van der Waals surface area contributed by atoms with Gasteiger partial charge in [-0.3, -0.25) is 9.79 Å². The smallest absolute Gasteiger partial charge is 0.293 e. The fourth-order valence-electron chi connectivity index (χ4n) is 1.33. The van der Waals surface area contributed by atoms with Crippen molar-refractivity contribution in [3.8, 4) is 0 Å². The van der Waals surface area contributed by atoms with Crippen LogP contribution in [0, 0.1) is 0 Å². The van der Waals surface area contributed by atoms with E-state index in [1.54, 1.807) is 0 Å². The fourth-order valence-corrected chi connectivity index (χ4v) is 1.33. The Morgan fingerprint density at radius 3 is 2.38 bits per heavy atom. The summed E-state index contributed by atoms with van der Waals surface area (Å²) < 4.78 is 37.2. The molecule has 16 heavy (non-hydrogen) atoms. The molecule has 0 aliphatic rings. The molecule has 0 N–H and O–H groups in total. The first-order chi connectivity index (χ1) is 7.36. The van der Waals surface area contributed by atoms with Crippen molar-refractivity contribution in [1.29, 1.82) is 0 Å². The summed E-state index contributed by atoms with van der Waals surface area (Å²) in [6.07, 6.45) is -4.41. The van der Waals surface area contributed by atoms with Crippen molar-refractivity contribution in [2.24, 2.45) is 4.99 Å². The van der Waals surface area contributed by atoms with E-state index in [0.717, 1.165) is 12.1 Å². The molecule has 0 aromatic heterocycles. The number of aliphatic imine (C=N–C) groups is 1. The summed E-state index contributed by atoms with van der Waals surface area (Å²) in [5, 5.41) is 0. The monoisotopic (exact) mass is 229 g/mol. The van der Waals surface area contributed by atoms with Crippen molar-refractivity contribution < 1.29 is 18.0 Å². The van der Waals surface area contributed by atoms with E-state index in [1.165, 1.54) is 26.1 Å². The van der Waals surface area contributed by atoms with Crippen LogP contribution < -0.4 is 0 Å². The zero-order valence-electron chi connectivity index (χ0n) is 8.80. The topological polar surface area (TPSA) is 29.4 Å². The minimum atomic E-state index is -4.41. The van der Waals surface area contributed by atoms with Crippen molar-refractivity contribution in [2.45, 2.75) is 13.1 Å². The maximum Gasteiger partial charge on any atom is 0.416 e. The lowest BCUT2D eigenvalue weighted by Crippen LogP contribution is -2.13. The van der Waals surface area contributed by atoms with Crippen molar-refractivity contribution in [2.75, 3.05) is 7.05 Å². The van der Waals surface area contributed by atoms with Gasteiger partial charge in [0.15, 0.2) is 5.78 Å². The predicted octanol–water partition coefficient (Wildman–Crippen LogP) is 2.71. The molecule has 0 radical (unpaired) electrons.